The minimum Gasteiger partial charge on any atom is -0.354 e. The predicted molar refractivity (Wildman–Crippen MR) is 96.7 cm³/mol. The summed E-state index contributed by atoms with van der Waals surface area (Å²) in [6.07, 6.45) is 0. The van der Waals surface area contributed by atoms with E-state index in [1.165, 1.54) is 0 Å². The van der Waals surface area contributed by atoms with Gasteiger partial charge in [0.2, 0.25) is 5.91 Å². The first-order valence-corrected chi connectivity index (χ1v) is 8.07. The first kappa shape index (κ1) is 19.3. The third kappa shape index (κ3) is 6.48. The Morgan fingerprint density at radius 1 is 1.22 bits per heavy atom. The van der Waals surface area contributed by atoms with Crippen LogP contribution in [0.1, 0.15) is 26.3 Å². The van der Waals surface area contributed by atoms with Gasteiger partial charge in [-0.25, -0.2) is 0 Å². The summed E-state index contributed by atoms with van der Waals surface area (Å²) in [4.78, 5) is 18.0. The number of halogens is 1. The van der Waals surface area contributed by atoms with E-state index in [4.69, 9.17) is 11.6 Å². The van der Waals surface area contributed by atoms with Crippen molar-refractivity contribution >= 4 is 23.5 Å². The highest BCUT2D eigenvalue weighted by molar-refractivity contribution is 6.31. The summed E-state index contributed by atoms with van der Waals surface area (Å²) in [6.45, 7) is 7.51. The molecule has 128 valence electrons. The number of hydrogen-bond donors (Lipinski definition) is 2. The molecule has 0 saturated heterocycles. The molecule has 2 N–H and O–H groups in total. The van der Waals surface area contributed by atoms with E-state index < -0.39 is 0 Å². The van der Waals surface area contributed by atoms with Crippen molar-refractivity contribution in [3.63, 3.8) is 0 Å². The molecule has 0 aromatic heterocycles. The Balaban J connectivity index is 2.45. The SMILES string of the molecule is CN=C(NCCNC(=O)C(C)(C)C)N(C)Cc1ccccc1Cl. The third-order valence-electron chi connectivity index (χ3n) is 3.31. The lowest BCUT2D eigenvalue weighted by molar-refractivity contribution is -0.128. The average Bonchev–Trinajstić information content (AvgIpc) is 2.48. The first-order valence-electron chi connectivity index (χ1n) is 7.69. The van der Waals surface area contributed by atoms with Crippen LogP contribution in [0.15, 0.2) is 29.3 Å². The molecule has 0 spiro atoms. The number of carbonyl (C=O) groups excluding carboxylic acids is 1. The summed E-state index contributed by atoms with van der Waals surface area (Å²) in [6, 6.07) is 7.75. The highest BCUT2D eigenvalue weighted by Gasteiger charge is 2.20. The van der Waals surface area contributed by atoms with Gasteiger partial charge >= 0.3 is 0 Å². The number of benzene rings is 1. The van der Waals surface area contributed by atoms with Gasteiger partial charge in [0.1, 0.15) is 0 Å². The van der Waals surface area contributed by atoms with Crippen LogP contribution < -0.4 is 10.6 Å². The van der Waals surface area contributed by atoms with Gasteiger partial charge in [-0.3, -0.25) is 9.79 Å². The van der Waals surface area contributed by atoms with E-state index in [0.717, 1.165) is 16.5 Å². The highest BCUT2D eigenvalue weighted by atomic mass is 35.5. The lowest BCUT2D eigenvalue weighted by atomic mass is 9.96. The summed E-state index contributed by atoms with van der Waals surface area (Å²) in [7, 11) is 3.69. The molecule has 0 saturated carbocycles. The zero-order valence-corrected chi connectivity index (χ0v) is 15.4. The van der Waals surface area contributed by atoms with Crippen LogP contribution in [0.4, 0.5) is 0 Å². The van der Waals surface area contributed by atoms with E-state index in [-0.39, 0.29) is 11.3 Å². The van der Waals surface area contributed by atoms with E-state index in [1.54, 1.807) is 7.05 Å². The Bertz CT molecular complexity index is 552. The third-order valence-corrected chi connectivity index (χ3v) is 3.68. The number of guanidine groups is 1. The molecule has 1 rings (SSSR count). The van der Waals surface area contributed by atoms with Gasteiger partial charge in [-0.15, -0.1) is 0 Å². The molecule has 0 unspecified atom stereocenters. The molecule has 0 aliphatic heterocycles. The smallest absolute Gasteiger partial charge is 0.225 e. The summed E-state index contributed by atoms with van der Waals surface area (Å²) in [5.74, 6) is 0.800. The van der Waals surface area contributed by atoms with Gasteiger partial charge in [-0.2, -0.15) is 0 Å². The first-order chi connectivity index (χ1) is 10.8. The molecule has 0 bridgehead atoms. The molecule has 1 amide bonds. The second-order valence-electron chi connectivity index (χ2n) is 6.43. The maximum Gasteiger partial charge on any atom is 0.225 e. The van der Waals surface area contributed by atoms with E-state index in [9.17, 15) is 4.79 Å². The number of rotatable bonds is 5. The zero-order chi connectivity index (χ0) is 17.5. The Labute approximate surface area is 144 Å². The Morgan fingerprint density at radius 3 is 2.39 bits per heavy atom. The predicted octanol–water partition coefficient (Wildman–Crippen LogP) is 2.51. The number of amides is 1. The van der Waals surface area contributed by atoms with E-state index in [2.05, 4.69) is 15.6 Å². The van der Waals surface area contributed by atoms with Gasteiger partial charge in [-0.05, 0) is 11.6 Å². The molecule has 5 nitrogen and oxygen atoms in total. The fourth-order valence-electron chi connectivity index (χ4n) is 1.96. The van der Waals surface area contributed by atoms with Crippen molar-refractivity contribution in [3.8, 4) is 0 Å². The van der Waals surface area contributed by atoms with Crippen molar-refractivity contribution in [2.75, 3.05) is 27.2 Å². The van der Waals surface area contributed by atoms with Crippen molar-refractivity contribution in [1.82, 2.24) is 15.5 Å². The van der Waals surface area contributed by atoms with Crippen LogP contribution in [-0.4, -0.2) is 44.0 Å². The summed E-state index contributed by atoms with van der Waals surface area (Å²) < 4.78 is 0. The second kappa shape index (κ2) is 8.77. The van der Waals surface area contributed by atoms with Crippen molar-refractivity contribution < 1.29 is 4.79 Å². The highest BCUT2D eigenvalue weighted by Crippen LogP contribution is 2.16. The van der Waals surface area contributed by atoms with Gasteiger partial charge < -0.3 is 15.5 Å². The standard InChI is InChI=1S/C17H27ClN4O/c1-17(2,3)15(23)20-10-11-21-16(19-4)22(5)12-13-8-6-7-9-14(13)18/h6-9H,10-12H2,1-5H3,(H,19,21)(H,20,23). The Hall–Kier alpha value is -1.75. The van der Waals surface area contributed by atoms with Crippen molar-refractivity contribution in [2.45, 2.75) is 27.3 Å². The number of hydrogen-bond acceptors (Lipinski definition) is 2. The minimum atomic E-state index is -0.372. The zero-order valence-electron chi connectivity index (χ0n) is 14.6. The number of nitrogens with one attached hydrogen (secondary N) is 2. The Kier molecular flexibility index (Phi) is 7.36. The fraction of sp³-hybridized carbons (Fsp3) is 0.529. The van der Waals surface area contributed by atoms with E-state index >= 15 is 0 Å². The van der Waals surface area contributed by atoms with Gasteiger partial charge in [0.15, 0.2) is 5.96 Å². The summed E-state index contributed by atoms with van der Waals surface area (Å²) in [5.41, 5.74) is 0.670. The molecule has 1 aromatic rings. The lowest BCUT2D eigenvalue weighted by Crippen LogP contribution is -2.43. The van der Waals surface area contributed by atoms with Gasteiger partial charge in [0.25, 0.3) is 0 Å². The molecule has 0 radical (unpaired) electrons. The maximum atomic E-state index is 11.8. The number of carbonyl (C=O) groups is 1. The van der Waals surface area contributed by atoms with Crippen LogP contribution in [0.3, 0.4) is 0 Å². The fourth-order valence-corrected chi connectivity index (χ4v) is 2.15. The molecule has 6 heteroatoms. The molecule has 0 aliphatic carbocycles. The van der Waals surface area contributed by atoms with Crippen molar-refractivity contribution in [2.24, 2.45) is 10.4 Å². The van der Waals surface area contributed by atoms with Crippen LogP contribution in [-0.2, 0) is 11.3 Å². The quantitative estimate of drug-likeness (QED) is 0.493. The lowest BCUT2D eigenvalue weighted by Gasteiger charge is -2.23. The van der Waals surface area contributed by atoms with E-state index in [1.807, 2.05) is 57.0 Å². The molecular weight excluding hydrogens is 312 g/mol. The molecule has 0 atom stereocenters. The number of aliphatic imine (C=N–C) groups is 1. The van der Waals surface area contributed by atoms with Crippen molar-refractivity contribution in [1.29, 1.82) is 0 Å². The maximum absolute atomic E-state index is 11.8. The Morgan fingerprint density at radius 2 is 1.83 bits per heavy atom. The molecule has 0 aliphatic rings. The molecule has 0 heterocycles. The van der Waals surface area contributed by atoms with Crippen LogP contribution in [0.5, 0.6) is 0 Å². The van der Waals surface area contributed by atoms with E-state index in [0.29, 0.717) is 19.6 Å². The number of nitrogens with zero attached hydrogens (tertiary/aromatic N) is 2. The van der Waals surface area contributed by atoms with Crippen LogP contribution >= 0.6 is 11.6 Å². The molecule has 1 aromatic carbocycles. The molecule has 23 heavy (non-hydrogen) atoms. The normalized spacial score (nSPS) is 12.0. The second-order valence-corrected chi connectivity index (χ2v) is 6.83. The summed E-state index contributed by atoms with van der Waals surface area (Å²) >= 11 is 6.19. The molecule has 0 fully saturated rings. The largest absolute Gasteiger partial charge is 0.354 e. The van der Waals surface area contributed by atoms with Gasteiger partial charge in [0.05, 0.1) is 0 Å². The molecular formula is C17H27ClN4O. The van der Waals surface area contributed by atoms with Crippen LogP contribution in [0, 0.1) is 5.41 Å². The minimum absolute atomic E-state index is 0.0405. The summed E-state index contributed by atoms with van der Waals surface area (Å²) in [5, 5.41) is 6.88. The van der Waals surface area contributed by atoms with Gasteiger partial charge in [-0.1, -0.05) is 50.6 Å². The topological polar surface area (TPSA) is 56.7 Å². The van der Waals surface area contributed by atoms with Gasteiger partial charge in [0, 0.05) is 44.2 Å². The van der Waals surface area contributed by atoms with Crippen LogP contribution in [0.25, 0.3) is 0 Å². The monoisotopic (exact) mass is 338 g/mol. The average molecular weight is 339 g/mol. The van der Waals surface area contributed by atoms with Crippen LogP contribution in [0.2, 0.25) is 5.02 Å². The van der Waals surface area contributed by atoms with Crippen molar-refractivity contribution in [3.05, 3.63) is 34.9 Å².